The fraction of sp³-hybridized carbons (Fsp3) is 0.333. The molecule has 6 heteroatoms. The van der Waals surface area contributed by atoms with Gasteiger partial charge in [0, 0.05) is 43.3 Å². The van der Waals surface area contributed by atoms with Gasteiger partial charge in [-0.2, -0.15) is 0 Å². The summed E-state index contributed by atoms with van der Waals surface area (Å²) in [5.74, 6) is 2.43. The number of hydrogen-bond acceptors (Lipinski definition) is 6. The average Bonchev–Trinajstić information content (AvgIpc) is 3.09. The van der Waals surface area contributed by atoms with Gasteiger partial charge in [0.25, 0.3) is 0 Å². The number of nitrogens with zero attached hydrogens (tertiary/aromatic N) is 2. The van der Waals surface area contributed by atoms with E-state index in [0.717, 1.165) is 61.3 Å². The van der Waals surface area contributed by atoms with Crippen LogP contribution in [0.25, 0.3) is 0 Å². The van der Waals surface area contributed by atoms with Crippen molar-refractivity contribution in [2.45, 2.75) is 24.8 Å². The Balaban J connectivity index is 1.30. The lowest BCUT2D eigenvalue weighted by molar-refractivity contribution is 0.284. The molecule has 0 amide bonds. The van der Waals surface area contributed by atoms with Crippen LogP contribution in [0, 0.1) is 6.92 Å². The van der Waals surface area contributed by atoms with E-state index >= 15 is 0 Å². The normalized spacial score (nSPS) is 14.6. The largest absolute Gasteiger partial charge is 0.493 e. The van der Waals surface area contributed by atoms with E-state index in [9.17, 15) is 0 Å². The quantitative estimate of drug-likeness (QED) is 0.391. The van der Waals surface area contributed by atoms with E-state index in [0.29, 0.717) is 0 Å². The Morgan fingerprint density at radius 2 is 1.55 bits per heavy atom. The van der Waals surface area contributed by atoms with Crippen molar-refractivity contribution in [1.82, 2.24) is 4.90 Å². The molecule has 1 heterocycles. The smallest absolute Gasteiger partial charge is 0.161 e. The Bertz CT molecular complexity index is 1020. The van der Waals surface area contributed by atoms with Crippen LogP contribution < -0.4 is 18.6 Å². The van der Waals surface area contributed by atoms with E-state index in [1.54, 1.807) is 14.2 Å². The molecule has 3 aromatic rings. The van der Waals surface area contributed by atoms with Crippen molar-refractivity contribution in [2.24, 2.45) is 0 Å². The summed E-state index contributed by atoms with van der Waals surface area (Å²) in [7, 11) is 3.35. The fourth-order valence-corrected chi connectivity index (χ4v) is 4.58. The number of anilines is 1. The number of aryl methyl sites for hydroxylation is 1. The van der Waals surface area contributed by atoms with Gasteiger partial charge in [-0.15, -0.1) is 0 Å². The Hall–Kier alpha value is -2.83. The van der Waals surface area contributed by atoms with Crippen molar-refractivity contribution in [1.29, 1.82) is 0 Å². The van der Waals surface area contributed by atoms with E-state index in [4.69, 9.17) is 13.7 Å². The van der Waals surface area contributed by atoms with Crippen LogP contribution in [0.1, 0.15) is 17.5 Å². The molecule has 0 unspecified atom stereocenters. The van der Waals surface area contributed by atoms with Crippen molar-refractivity contribution in [2.75, 3.05) is 45.3 Å². The van der Waals surface area contributed by atoms with E-state index in [-0.39, 0.29) is 0 Å². The SMILES string of the molecule is COc1ccc(CN2CCCN(c3ccc(OSc4ccc(C)cc4)cc3)CC2)cc1OC. The summed E-state index contributed by atoms with van der Waals surface area (Å²) in [4.78, 5) is 6.08. The molecule has 3 aromatic carbocycles. The Kier molecular flexibility index (Phi) is 8.02. The molecule has 0 aromatic heterocycles. The molecule has 33 heavy (non-hydrogen) atoms. The first kappa shape index (κ1) is 23.3. The molecule has 0 saturated carbocycles. The zero-order valence-corrected chi connectivity index (χ0v) is 20.4. The summed E-state index contributed by atoms with van der Waals surface area (Å²) in [6.07, 6.45) is 1.13. The number of rotatable bonds is 8. The fourth-order valence-electron chi connectivity index (χ4n) is 4.03. The molecule has 4 rings (SSSR count). The first-order chi connectivity index (χ1) is 16.1. The maximum atomic E-state index is 5.89. The highest BCUT2D eigenvalue weighted by atomic mass is 32.2. The highest BCUT2D eigenvalue weighted by Gasteiger charge is 2.16. The van der Waals surface area contributed by atoms with E-state index in [2.05, 4.69) is 77.4 Å². The van der Waals surface area contributed by atoms with Crippen LogP contribution in [-0.4, -0.2) is 45.3 Å². The summed E-state index contributed by atoms with van der Waals surface area (Å²) in [5, 5.41) is 0. The maximum Gasteiger partial charge on any atom is 0.161 e. The molecule has 1 fully saturated rings. The summed E-state index contributed by atoms with van der Waals surface area (Å²) < 4.78 is 16.7. The molecule has 0 N–H and O–H groups in total. The van der Waals surface area contributed by atoms with Crippen LogP contribution in [0.4, 0.5) is 5.69 Å². The third-order valence-corrected chi connectivity index (χ3v) is 6.64. The number of ether oxygens (including phenoxy) is 2. The van der Waals surface area contributed by atoms with Crippen LogP contribution in [0.5, 0.6) is 17.2 Å². The minimum atomic E-state index is 0.771. The van der Waals surface area contributed by atoms with E-state index < -0.39 is 0 Å². The molecule has 0 bridgehead atoms. The predicted octanol–water partition coefficient (Wildman–Crippen LogP) is 5.81. The zero-order chi connectivity index (χ0) is 23.0. The average molecular weight is 465 g/mol. The van der Waals surface area contributed by atoms with Gasteiger partial charge in [0.2, 0.25) is 0 Å². The second-order valence-corrected chi connectivity index (χ2v) is 9.08. The molecule has 0 spiro atoms. The minimum Gasteiger partial charge on any atom is -0.493 e. The third kappa shape index (κ3) is 6.36. The standard InChI is InChI=1S/C27H32N2O3S/c1-21-5-12-25(13-6-21)33-32-24-10-8-23(9-11-24)29-16-4-15-28(17-18-29)20-22-7-14-26(30-2)27(19-22)31-3/h5-14,19H,4,15-18,20H2,1-3H3. The van der Waals surface area contributed by atoms with Gasteiger partial charge in [0.1, 0.15) is 5.75 Å². The lowest BCUT2D eigenvalue weighted by Gasteiger charge is -2.24. The summed E-state index contributed by atoms with van der Waals surface area (Å²) in [6.45, 7) is 7.17. The van der Waals surface area contributed by atoms with E-state index in [1.165, 1.54) is 28.9 Å². The van der Waals surface area contributed by atoms with Gasteiger partial charge in [-0.1, -0.05) is 23.8 Å². The highest BCUT2D eigenvalue weighted by molar-refractivity contribution is 7.95. The van der Waals surface area contributed by atoms with E-state index in [1.807, 2.05) is 6.07 Å². The first-order valence-electron chi connectivity index (χ1n) is 11.3. The Morgan fingerprint density at radius 1 is 0.788 bits per heavy atom. The predicted molar refractivity (Wildman–Crippen MR) is 136 cm³/mol. The first-order valence-corrected chi connectivity index (χ1v) is 12.1. The van der Waals surface area contributed by atoms with Gasteiger partial charge in [0.05, 0.1) is 26.3 Å². The Morgan fingerprint density at radius 3 is 2.27 bits per heavy atom. The number of hydrogen-bond donors (Lipinski definition) is 0. The monoisotopic (exact) mass is 464 g/mol. The highest BCUT2D eigenvalue weighted by Crippen LogP contribution is 2.29. The van der Waals surface area contributed by atoms with Crippen molar-refractivity contribution in [3.8, 4) is 17.2 Å². The van der Waals surface area contributed by atoms with Gasteiger partial charge in [-0.25, -0.2) is 0 Å². The van der Waals surface area contributed by atoms with Crippen molar-refractivity contribution in [3.05, 3.63) is 77.9 Å². The van der Waals surface area contributed by atoms with Gasteiger partial charge in [-0.05, 0) is 67.4 Å². The van der Waals surface area contributed by atoms with Crippen LogP contribution in [0.15, 0.2) is 71.6 Å². The van der Waals surface area contributed by atoms with Gasteiger partial charge >= 0.3 is 0 Å². The lowest BCUT2D eigenvalue weighted by atomic mass is 10.2. The van der Waals surface area contributed by atoms with Crippen molar-refractivity contribution < 1.29 is 13.7 Å². The molecule has 0 aliphatic carbocycles. The van der Waals surface area contributed by atoms with Gasteiger partial charge < -0.3 is 18.6 Å². The Labute approximate surface area is 201 Å². The van der Waals surface area contributed by atoms with Crippen molar-refractivity contribution in [3.63, 3.8) is 0 Å². The minimum absolute atomic E-state index is 0.771. The molecule has 5 nitrogen and oxygen atoms in total. The molecule has 174 valence electrons. The van der Waals surface area contributed by atoms with Crippen LogP contribution in [0.3, 0.4) is 0 Å². The lowest BCUT2D eigenvalue weighted by Crippen LogP contribution is -2.30. The number of benzene rings is 3. The molecule has 1 saturated heterocycles. The van der Waals surface area contributed by atoms with Crippen LogP contribution in [-0.2, 0) is 6.54 Å². The molecule has 1 aliphatic rings. The third-order valence-electron chi connectivity index (χ3n) is 5.90. The second kappa shape index (κ2) is 11.3. The number of methoxy groups -OCH3 is 2. The molecule has 0 atom stereocenters. The zero-order valence-electron chi connectivity index (χ0n) is 19.6. The molecule has 0 radical (unpaired) electrons. The molecular weight excluding hydrogens is 432 g/mol. The summed E-state index contributed by atoms with van der Waals surface area (Å²) >= 11 is 1.40. The topological polar surface area (TPSA) is 34.2 Å². The van der Waals surface area contributed by atoms with Gasteiger partial charge in [0.15, 0.2) is 11.5 Å². The van der Waals surface area contributed by atoms with Crippen LogP contribution in [0.2, 0.25) is 0 Å². The maximum absolute atomic E-state index is 5.89. The van der Waals surface area contributed by atoms with Gasteiger partial charge in [-0.3, -0.25) is 4.90 Å². The summed E-state index contributed by atoms with van der Waals surface area (Å²) in [6, 6.07) is 23.0. The molecule has 1 aliphatic heterocycles. The second-order valence-electron chi connectivity index (χ2n) is 8.28. The van der Waals surface area contributed by atoms with Crippen LogP contribution >= 0.6 is 12.0 Å². The summed E-state index contributed by atoms with van der Waals surface area (Å²) in [5.41, 5.74) is 3.74. The molecular formula is C27H32N2O3S. The van der Waals surface area contributed by atoms with Crippen molar-refractivity contribution >= 4 is 17.7 Å².